The fourth-order valence-corrected chi connectivity index (χ4v) is 3.23. The van der Waals surface area contributed by atoms with Crippen molar-refractivity contribution in [3.05, 3.63) is 116 Å². The number of amides is 2. The summed E-state index contributed by atoms with van der Waals surface area (Å²) in [7, 11) is 0. The molecular formula is C23H18BrN3O4. The smallest absolute Gasteiger partial charge is 0.270 e. The lowest BCUT2D eigenvalue weighted by Crippen LogP contribution is -2.34. The van der Waals surface area contributed by atoms with E-state index in [9.17, 15) is 19.7 Å². The molecule has 0 aliphatic rings. The molecule has 7 nitrogen and oxygen atoms in total. The largest absolute Gasteiger partial charge is 0.347 e. The Labute approximate surface area is 187 Å². The molecule has 3 aromatic carbocycles. The summed E-state index contributed by atoms with van der Waals surface area (Å²) in [5.41, 5.74) is 1.50. The molecule has 0 aromatic heterocycles. The van der Waals surface area contributed by atoms with E-state index in [4.69, 9.17) is 0 Å². The zero-order valence-corrected chi connectivity index (χ0v) is 17.8. The number of carbonyl (C=O) groups excluding carboxylic acids is 2. The maximum Gasteiger partial charge on any atom is 0.270 e. The number of nitro benzene ring substituents is 1. The van der Waals surface area contributed by atoms with Gasteiger partial charge in [-0.25, -0.2) is 0 Å². The number of nitrogens with zero attached hydrogens (tertiary/aromatic N) is 1. The van der Waals surface area contributed by atoms with Crippen LogP contribution in [0.2, 0.25) is 0 Å². The Hall–Kier alpha value is -3.78. The topological polar surface area (TPSA) is 101 Å². The van der Waals surface area contributed by atoms with Crippen molar-refractivity contribution in [1.29, 1.82) is 0 Å². The van der Waals surface area contributed by atoms with Gasteiger partial charge < -0.3 is 10.6 Å². The zero-order valence-electron chi connectivity index (χ0n) is 16.2. The number of non-ortho nitro benzene ring substituents is 1. The van der Waals surface area contributed by atoms with Crippen LogP contribution in [0.4, 0.5) is 5.69 Å². The number of halogens is 1. The maximum absolute atomic E-state index is 12.9. The van der Waals surface area contributed by atoms with Crippen LogP contribution in [0.3, 0.4) is 0 Å². The Balaban J connectivity index is 1.88. The lowest BCUT2D eigenvalue weighted by molar-refractivity contribution is -0.384. The van der Waals surface area contributed by atoms with Crippen LogP contribution in [0.15, 0.2) is 89.0 Å². The predicted molar refractivity (Wildman–Crippen MR) is 121 cm³/mol. The minimum atomic E-state index is -0.522. The molecule has 0 atom stereocenters. The molecule has 0 unspecified atom stereocenters. The van der Waals surface area contributed by atoms with E-state index in [1.165, 1.54) is 24.3 Å². The average Bonchev–Trinajstić information content (AvgIpc) is 2.78. The molecule has 0 fully saturated rings. The molecule has 0 saturated heterocycles. The monoisotopic (exact) mass is 479 g/mol. The second-order valence-corrected chi connectivity index (χ2v) is 7.37. The molecule has 0 aliphatic carbocycles. The number of benzene rings is 3. The Morgan fingerprint density at radius 3 is 2.39 bits per heavy atom. The summed E-state index contributed by atoms with van der Waals surface area (Å²) in [6, 6.07) is 21.9. The molecule has 0 heterocycles. The molecule has 156 valence electrons. The van der Waals surface area contributed by atoms with Crippen LogP contribution in [0, 0.1) is 10.1 Å². The number of carbonyl (C=O) groups is 2. The molecular weight excluding hydrogens is 462 g/mol. The highest BCUT2D eigenvalue weighted by Gasteiger charge is 2.17. The minimum absolute atomic E-state index is 0.0304. The zero-order chi connectivity index (χ0) is 22.2. The second-order valence-electron chi connectivity index (χ2n) is 6.51. The van der Waals surface area contributed by atoms with Crippen molar-refractivity contribution in [3.63, 3.8) is 0 Å². The first-order valence-corrected chi connectivity index (χ1v) is 10.1. The number of nitro groups is 1. The number of hydrogen-bond acceptors (Lipinski definition) is 4. The molecule has 0 radical (unpaired) electrons. The summed E-state index contributed by atoms with van der Waals surface area (Å²) in [5.74, 6) is -1.00. The standard InChI is InChI=1S/C23H18BrN3O4/c24-20-12-5-4-11-19(20)22(28)26-21(14-17-9-6-10-18(13-17)27(30)31)23(29)25-15-16-7-2-1-3-8-16/h1-14H,15H2,(H,25,29)(H,26,28)/b21-14+. The van der Waals surface area contributed by atoms with Crippen molar-refractivity contribution < 1.29 is 14.5 Å². The lowest BCUT2D eigenvalue weighted by atomic mass is 10.1. The first kappa shape index (κ1) is 21.9. The summed E-state index contributed by atoms with van der Waals surface area (Å²) in [5, 5.41) is 16.4. The average molecular weight is 480 g/mol. The van der Waals surface area contributed by atoms with E-state index in [-0.39, 0.29) is 17.9 Å². The SMILES string of the molecule is O=C(NCc1ccccc1)/C(=C\c1cccc([N+](=O)[O-])c1)NC(=O)c1ccccc1Br. The van der Waals surface area contributed by atoms with Crippen molar-refractivity contribution in [2.24, 2.45) is 0 Å². The van der Waals surface area contributed by atoms with E-state index in [0.29, 0.717) is 15.6 Å². The summed E-state index contributed by atoms with van der Waals surface area (Å²) >= 11 is 3.32. The molecule has 8 heteroatoms. The van der Waals surface area contributed by atoms with E-state index < -0.39 is 16.7 Å². The van der Waals surface area contributed by atoms with Gasteiger partial charge in [0.25, 0.3) is 17.5 Å². The third-order valence-corrected chi connectivity index (χ3v) is 4.99. The summed E-state index contributed by atoms with van der Waals surface area (Å²) in [4.78, 5) is 36.1. The molecule has 2 amide bonds. The van der Waals surface area contributed by atoms with Crippen LogP contribution < -0.4 is 10.6 Å². The van der Waals surface area contributed by atoms with Crippen molar-refractivity contribution >= 4 is 39.5 Å². The third-order valence-electron chi connectivity index (χ3n) is 4.30. The van der Waals surface area contributed by atoms with Crippen molar-refractivity contribution in [1.82, 2.24) is 10.6 Å². The predicted octanol–water partition coefficient (Wildman–Crippen LogP) is 4.44. The first-order chi connectivity index (χ1) is 14.9. The quantitative estimate of drug-likeness (QED) is 0.297. The summed E-state index contributed by atoms with van der Waals surface area (Å²) in [6.07, 6.45) is 1.40. The van der Waals surface area contributed by atoms with Gasteiger partial charge in [0.1, 0.15) is 5.70 Å². The summed E-state index contributed by atoms with van der Waals surface area (Å²) < 4.78 is 0.576. The molecule has 3 aromatic rings. The van der Waals surface area contributed by atoms with Crippen LogP contribution in [-0.4, -0.2) is 16.7 Å². The highest BCUT2D eigenvalue weighted by atomic mass is 79.9. The first-order valence-electron chi connectivity index (χ1n) is 9.28. The van der Waals surface area contributed by atoms with Gasteiger partial charge in [0.05, 0.1) is 10.5 Å². The van der Waals surface area contributed by atoms with Crippen LogP contribution in [0.5, 0.6) is 0 Å². The number of rotatable bonds is 7. The molecule has 0 saturated carbocycles. The van der Waals surface area contributed by atoms with Gasteiger partial charge in [0, 0.05) is 23.2 Å². The Kier molecular flexibility index (Phi) is 7.29. The van der Waals surface area contributed by atoms with Crippen LogP contribution in [0.25, 0.3) is 6.08 Å². The van der Waals surface area contributed by atoms with Crippen LogP contribution >= 0.6 is 15.9 Å². The van der Waals surface area contributed by atoms with Gasteiger partial charge in [-0.1, -0.05) is 54.6 Å². The van der Waals surface area contributed by atoms with Gasteiger partial charge in [-0.2, -0.15) is 0 Å². The van der Waals surface area contributed by atoms with Gasteiger partial charge in [-0.15, -0.1) is 0 Å². The Morgan fingerprint density at radius 2 is 1.68 bits per heavy atom. The van der Waals surface area contributed by atoms with E-state index in [2.05, 4.69) is 26.6 Å². The van der Waals surface area contributed by atoms with E-state index in [1.54, 1.807) is 30.3 Å². The minimum Gasteiger partial charge on any atom is -0.347 e. The fraction of sp³-hybridized carbons (Fsp3) is 0.0435. The second kappa shape index (κ2) is 10.3. The normalized spacial score (nSPS) is 10.9. The van der Waals surface area contributed by atoms with Gasteiger partial charge in [-0.3, -0.25) is 19.7 Å². The molecule has 31 heavy (non-hydrogen) atoms. The Morgan fingerprint density at radius 1 is 0.968 bits per heavy atom. The lowest BCUT2D eigenvalue weighted by Gasteiger charge is -2.12. The molecule has 3 rings (SSSR count). The van der Waals surface area contributed by atoms with Gasteiger partial charge >= 0.3 is 0 Å². The maximum atomic E-state index is 12.9. The van der Waals surface area contributed by atoms with Gasteiger partial charge in [-0.05, 0) is 45.3 Å². The van der Waals surface area contributed by atoms with Gasteiger partial charge in [0.2, 0.25) is 0 Å². The van der Waals surface area contributed by atoms with E-state index in [0.717, 1.165) is 5.56 Å². The van der Waals surface area contributed by atoms with E-state index in [1.807, 2.05) is 30.3 Å². The molecule has 2 N–H and O–H groups in total. The highest BCUT2D eigenvalue weighted by molar-refractivity contribution is 9.10. The molecule has 0 aliphatic heterocycles. The molecule has 0 spiro atoms. The van der Waals surface area contributed by atoms with Crippen molar-refractivity contribution in [3.8, 4) is 0 Å². The van der Waals surface area contributed by atoms with Gasteiger partial charge in [0.15, 0.2) is 0 Å². The van der Waals surface area contributed by atoms with E-state index >= 15 is 0 Å². The number of nitrogens with one attached hydrogen (secondary N) is 2. The van der Waals surface area contributed by atoms with Crippen LogP contribution in [0.1, 0.15) is 21.5 Å². The summed E-state index contributed by atoms with van der Waals surface area (Å²) in [6.45, 7) is 0.261. The molecule has 0 bridgehead atoms. The van der Waals surface area contributed by atoms with Crippen molar-refractivity contribution in [2.75, 3.05) is 0 Å². The number of hydrogen-bond donors (Lipinski definition) is 2. The van der Waals surface area contributed by atoms with Crippen LogP contribution in [-0.2, 0) is 11.3 Å². The fourth-order valence-electron chi connectivity index (χ4n) is 2.76. The van der Waals surface area contributed by atoms with Crippen molar-refractivity contribution in [2.45, 2.75) is 6.54 Å². The Bertz CT molecular complexity index is 1150. The highest BCUT2D eigenvalue weighted by Crippen LogP contribution is 2.18. The third kappa shape index (κ3) is 6.10.